The van der Waals surface area contributed by atoms with Crippen LogP contribution in [-0.2, 0) is 66.8 Å². The van der Waals surface area contributed by atoms with E-state index >= 15 is 0 Å². The molecule has 20 rings (SSSR count). The van der Waals surface area contributed by atoms with Crippen molar-refractivity contribution in [3.8, 4) is 17.2 Å². The summed E-state index contributed by atoms with van der Waals surface area (Å²) >= 11 is 5.71. The number of nitro benzene ring substituents is 1. The molecular weight excluding hydrogens is 1950 g/mol. The second kappa shape index (κ2) is 51.0. The average Bonchev–Trinajstić information content (AvgIpc) is 0.823. The highest BCUT2D eigenvalue weighted by Crippen LogP contribution is 2.45. The van der Waals surface area contributed by atoms with Gasteiger partial charge >= 0.3 is 12.4 Å². The fraction of sp³-hybridized carbons (Fsp3) is 0.0164. The number of halogens is 6. The Kier molecular flexibility index (Phi) is 36.3. The Bertz CT molecular complexity index is 7040. The second-order valence-corrected chi connectivity index (χ2v) is 45.7. The van der Waals surface area contributed by atoms with Crippen LogP contribution in [0, 0.1) is 10.1 Å². The van der Waals surface area contributed by atoms with Gasteiger partial charge in [-0.15, -0.1) is 0 Å². The molecule has 0 spiro atoms. The lowest BCUT2D eigenvalue weighted by atomic mass is 10.2. The van der Waals surface area contributed by atoms with Gasteiger partial charge in [-0.05, 0) is 322 Å². The first-order valence-corrected chi connectivity index (χ1v) is 54.4. The third-order valence-electron chi connectivity index (χ3n) is 21.3. The van der Waals surface area contributed by atoms with Crippen LogP contribution >= 0.6 is 47.0 Å². The number of nitrogens with zero attached hydrogens (tertiary/aromatic N) is 1. The van der Waals surface area contributed by atoms with Crippen molar-refractivity contribution in [1.82, 2.24) is 0 Å². The third-order valence-corrected chi connectivity index (χ3v) is 36.6. The quantitative estimate of drug-likeness (QED) is 0.0249. The van der Waals surface area contributed by atoms with E-state index in [0.717, 1.165) is 70.8 Å². The Labute approximate surface area is 856 Å². The highest BCUT2D eigenvalue weighted by Gasteiger charge is 2.37. The van der Waals surface area contributed by atoms with Crippen LogP contribution < -0.4 is 4.74 Å². The molecule has 0 saturated carbocycles. The predicted octanol–water partition coefficient (Wildman–Crippen LogP) is 36.0. The number of ether oxygens (including phenoxy) is 1. The summed E-state index contributed by atoms with van der Waals surface area (Å²) in [6, 6.07) is 182. The first-order chi connectivity index (χ1) is 69.4. The lowest BCUT2D eigenvalue weighted by molar-refractivity contribution is -0.387. The van der Waals surface area contributed by atoms with Gasteiger partial charge in [0.2, 0.25) is 0 Å². The van der Waals surface area contributed by atoms with E-state index in [9.17, 15) is 41.6 Å². The van der Waals surface area contributed by atoms with Crippen molar-refractivity contribution in [3.63, 3.8) is 0 Å². The van der Waals surface area contributed by atoms with Crippen molar-refractivity contribution in [2.45, 2.75) is 125 Å². The fourth-order valence-corrected chi connectivity index (χ4v) is 28.6. The average molecular weight is 2040 g/mol. The highest BCUT2D eigenvalue weighted by atomic mass is 32.2. The Morgan fingerprint density at radius 1 is 0.211 bits per heavy atom. The second-order valence-electron chi connectivity index (χ2n) is 31.1. The molecule has 0 aliphatic rings. The van der Waals surface area contributed by atoms with Gasteiger partial charge in [0.1, 0.15) is 17.2 Å². The number of alkyl halides is 6. The van der Waals surface area contributed by atoms with Gasteiger partial charge in [0.15, 0.2) is 73.4 Å². The minimum Gasteiger partial charge on any atom is -0.508 e. The first kappa shape index (κ1) is 101. The molecule has 0 heterocycles. The number of para-hydroxylation sites is 2. The minimum atomic E-state index is -4.36. The topological polar surface area (TPSA) is 72.6 Å². The first-order valence-electron chi connectivity index (χ1n) is 45.0. The molecule has 0 saturated heterocycles. The largest absolute Gasteiger partial charge is 0.508 e. The van der Waals surface area contributed by atoms with Crippen molar-refractivity contribution in [2.75, 3.05) is 0 Å². The lowest BCUT2D eigenvalue weighted by Gasteiger charge is -2.12. The molecule has 142 heavy (non-hydrogen) atoms. The number of aromatic hydroxyl groups is 1. The smallest absolute Gasteiger partial charge is 0.417 e. The van der Waals surface area contributed by atoms with Gasteiger partial charge in [-0.25, -0.2) is 0 Å². The lowest BCUT2D eigenvalue weighted by Crippen LogP contribution is -2.06. The monoisotopic (exact) mass is 2040 g/mol. The highest BCUT2D eigenvalue weighted by molar-refractivity contribution is 8.01. The van der Waals surface area contributed by atoms with Gasteiger partial charge in [0.05, 0.1) is 75.4 Å². The van der Waals surface area contributed by atoms with Crippen LogP contribution in [0.15, 0.2) is 665 Å². The van der Waals surface area contributed by atoms with E-state index in [1.54, 1.807) is 48.2 Å². The number of rotatable bonds is 26. The summed E-state index contributed by atoms with van der Waals surface area (Å²) in [6.45, 7) is 0. The number of phenols is 1. The predicted molar refractivity (Wildman–Crippen MR) is 575 cm³/mol. The normalized spacial score (nSPS) is 11.1. The molecule has 0 fully saturated rings. The summed E-state index contributed by atoms with van der Waals surface area (Å²) in [5, 5.41) is 20.7. The van der Waals surface area contributed by atoms with E-state index < -0.39 is 23.5 Å². The number of hydrogen-bond donors (Lipinski definition) is 1. The summed E-state index contributed by atoms with van der Waals surface area (Å²) in [7, 11) is -0.932. The number of hydrogen-bond acceptors (Lipinski definition) is 8. The summed E-state index contributed by atoms with van der Waals surface area (Å²) < 4.78 is 84.0. The molecule has 0 unspecified atom stereocenters. The van der Waals surface area contributed by atoms with Crippen LogP contribution in [0.5, 0.6) is 17.2 Å². The van der Waals surface area contributed by atoms with E-state index in [1.165, 1.54) is 121 Å². The van der Waals surface area contributed by atoms with E-state index in [1.807, 2.05) is 194 Å². The molecule has 20 aromatic carbocycles. The van der Waals surface area contributed by atoms with E-state index in [4.69, 9.17) is 4.74 Å². The molecule has 0 aliphatic heterocycles. The van der Waals surface area contributed by atoms with Gasteiger partial charge in [-0.2, -0.15) is 26.3 Å². The molecular formula is C122H92F6NO4S9+5. The zero-order chi connectivity index (χ0) is 98.1. The van der Waals surface area contributed by atoms with Crippen molar-refractivity contribution in [1.29, 1.82) is 0 Å². The van der Waals surface area contributed by atoms with E-state index in [0.29, 0.717) is 10.6 Å². The minimum absolute atomic E-state index is 0.115. The summed E-state index contributed by atoms with van der Waals surface area (Å²) in [4.78, 5) is 36.4. The van der Waals surface area contributed by atoms with Gasteiger partial charge in [0, 0.05) is 40.3 Å². The summed E-state index contributed by atoms with van der Waals surface area (Å²) in [5.41, 5.74) is -1.10. The third kappa shape index (κ3) is 28.7. The van der Waals surface area contributed by atoms with Crippen LogP contribution in [0.2, 0.25) is 0 Å². The molecule has 20 heteroatoms. The molecule has 0 aromatic heterocycles. The Morgan fingerprint density at radius 2 is 0.408 bits per heavy atom. The zero-order valence-electron chi connectivity index (χ0n) is 76.1. The maximum absolute atomic E-state index is 13.3. The standard InChI is InChI=1S/2C25H18F3S2.C24H18NO2S2.C24H18OS2.C24H19OS/c26-25(27,28)23-13-7-8-14-24(23)29-19-15-17-22(18-16-19)30(20-9-3-1-4-10-20)21-11-5-2-6-12-21;26-25(27,28)19-11-13-20(14-12-19)29-21-15-17-24(18-16-21)30(22-7-3-1-4-8-22)23-9-5-2-6-10-23;26-25(27)23-13-7-8-14-24(23)28-19-15-17-22(18-16-19)29(20-9-3-1-4-10-20)21-11-5-2-6-12-21;25-19-11-13-20(14-12-19)26-21-15-17-24(18-16-21)27(22-7-3-1-4-8-22)23-9-5-2-6-10-23;1-4-10-20(11-5-1)25-21-16-18-24(19-17-21)26(22-12-6-2-7-13-22)23-14-8-3-9-15-23/h2*1-18H;1-18H;1-18H;1-19H/q3*+1;;+1/p+1. The number of benzene rings is 20. The summed E-state index contributed by atoms with van der Waals surface area (Å²) in [6.07, 6.45) is -8.67. The van der Waals surface area contributed by atoms with Crippen molar-refractivity contribution in [3.05, 3.63) is 573 Å². The maximum atomic E-state index is 13.3. The van der Waals surface area contributed by atoms with Gasteiger partial charge < -0.3 is 9.84 Å². The Balaban J connectivity index is 0.000000128. The molecule has 20 aromatic rings. The van der Waals surface area contributed by atoms with Crippen molar-refractivity contribution < 1.29 is 41.1 Å². The van der Waals surface area contributed by atoms with Crippen LogP contribution in [0.25, 0.3) is 0 Å². The van der Waals surface area contributed by atoms with Crippen LogP contribution in [0.1, 0.15) is 11.1 Å². The molecule has 0 aliphatic carbocycles. The van der Waals surface area contributed by atoms with Crippen LogP contribution in [-0.4, -0.2) is 10.0 Å². The molecule has 0 atom stereocenters. The number of nitro groups is 1. The van der Waals surface area contributed by atoms with Crippen LogP contribution in [0.3, 0.4) is 0 Å². The maximum Gasteiger partial charge on any atom is 0.417 e. The van der Waals surface area contributed by atoms with Gasteiger partial charge in [-0.3, -0.25) is 10.1 Å². The van der Waals surface area contributed by atoms with E-state index in [2.05, 4.69) is 279 Å². The van der Waals surface area contributed by atoms with E-state index in [-0.39, 0.29) is 70.0 Å². The molecule has 1 N–H and O–H groups in total. The molecule has 0 radical (unpaired) electrons. The molecule has 700 valence electrons. The zero-order valence-corrected chi connectivity index (χ0v) is 83.4. The summed E-state index contributed by atoms with van der Waals surface area (Å²) in [5.74, 6) is 2.00. The van der Waals surface area contributed by atoms with Gasteiger partial charge in [0.25, 0.3) is 5.69 Å². The van der Waals surface area contributed by atoms with Crippen LogP contribution in [0.4, 0.5) is 32.0 Å². The molecule has 5 nitrogen and oxygen atoms in total. The molecule has 0 bridgehead atoms. The molecule has 0 amide bonds. The van der Waals surface area contributed by atoms with Crippen molar-refractivity contribution in [2.24, 2.45) is 0 Å². The Hall–Kier alpha value is -13.9. The Morgan fingerprint density at radius 3 is 0.669 bits per heavy atom. The van der Waals surface area contributed by atoms with Crippen molar-refractivity contribution >= 4 is 107 Å². The number of phenolic OH excluding ortho intramolecular Hbond substituents is 1. The van der Waals surface area contributed by atoms with Gasteiger partial charge in [-0.1, -0.05) is 272 Å². The fourth-order valence-electron chi connectivity index (χ4n) is 14.7. The SMILES string of the molecule is FC(F)(F)c1ccc(Sc2ccc([S+](c3ccccc3)c3ccccc3)cc2)cc1.FC(F)(F)c1ccccc1Sc1ccc([S+](c2ccccc2)c2ccccc2)cc1.O=[N+]([O-])c1ccccc1Sc1ccc([S+](c2ccccc2)c2ccccc2)cc1.Oc1ccc(Sc2ccc([S+](c3ccccc3)c3ccccc3)cc2)cc1.c1ccc(Oc2ccc([S+](c3ccccc3)c3ccccc3)cc2)cc1.